The van der Waals surface area contributed by atoms with E-state index in [1.54, 1.807) is 36.4 Å². The van der Waals surface area contributed by atoms with Crippen LogP contribution in [0.5, 0.6) is 17.2 Å². The van der Waals surface area contributed by atoms with Gasteiger partial charge in [0.1, 0.15) is 11.5 Å². The molecule has 4 rings (SSSR count). The normalized spacial score (nSPS) is 13.8. The fraction of sp³-hybridized carbons (Fsp3) is 0.200. The maximum atomic E-state index is 12.8. The Morgan fingerprint density at radius 1 is 0.914 bits per heavy atom. The molecule has 3 aromatic carbocycles. The number of nitrogens with two attached hydrogens (primary N) is 1. The molecule has 0 unspecified atom stereocenters. The van der Waals surface area contributed by atoms with Crippen LogP contribution < -0.4 is 20.5 Å². The monoisotopic (exact) mass is 495 g/mol. The molecule has 35 heavy (non-hydrogen) atoms. The van der Waals surface area contributed by atoms with Gasteiger partial charge in [0.2, 0.25) is 10.0 Å². The van der Waals surface area contributed by atoms with E-state index in [0.717, 1.165) is 12.8 Å². The van der Waals surface area contributed by atoms with Gasteiger partial charge >= 0.3 is 0 Å². The number of benzene rings is 3. The summed E-state index contributed by atoms with van der Waals surface area (Å²) in [6.45, 7) is 0.433. The van der Waals surface area contributed by atoms with E-state index in [2.05, 4.69) is 5.32 Å². The van der Waals surface area contributed by atoms with E-state index in [0.29, 0.717) is 30.3 Å². The van der Waals surface area contributed by atoms with Gasteiger partial charge in [0.15, 0.2) is 12.4 Å². The van der Waals surface area contributed by atoms with Crippen molar-refractivity contribution < 1.29 is 27.5 Å². The van der Waals surface area contributed by atoms with Crippen LogP contribution in [-0.2, 0) is 14.8 Å². The highest BCUT2D eigenvalue weighted by Crippen LogP contribution is 2.30. The van der Waals surface area contributed by atoms with Crippen molar-refractivity contribution in [1.82, 2.24) is 4.31 Å². The SMILES string of the molecule is NC(=O)c1cc(S(=O)(=O)N2CCCC2)ccc1OCC(=O)Nc1ccccc1Oc1ccccc1. The van der Waals surface area contributed by atoms with Crippen LogP contribution in [0.4, 0.5) is 5.69 Å². The molecule has 0 radical (unpaired) electrons. The summed E-state index contributed by atoms with van der Waals surface area (Å²) in [4.78, 5) is 24.5. The fourth-order valence-electron chi connectivity index (χ4n) is 3.67. The van der Waals surface area contributed by atoms with Gasteiger partial charge in [-0.3, -0.25) is 9.59 Å². The second-order valence-electron chi connectivity index (χ2n) is 7.88. The smallest absolute Gasteiger partial charge is 0.262 e. The van der Waals surface area contributed by atoms with Crippen LogP contribution >= 0.6 is 0 Å². The molecule has 0 atom stereocenters. The Morgan fingerprint density at radius 2 is 1.60 bits per heavy atom. The standard InChI is InChI=1S/C25H25N3O6S/c26-25(30)20-16-19(35(31,32)28-14-6-7-15-28)12-13-22(20)33-17-24(29)27-21-10-4-5-11-23(21)34-18-8-2-1-3-9-18/h1-5,8-13,16H,6-7,14-15,17H2,(H2,26,30)(H,27,29). The third kappa shape index (κ3) is 5.79. The van der Waals surface area contributed by atoms with Crippen molar-refractivity contribution in [2.75, 3.05) is 25.0 Å². The first-order valence-corrected chi connectivity index (χ1v) is 12.5. The third-order valence-electron chi connectivity index (χ3n) is 5.41. The van der Waals surface area contributed by atoms with Crippen LogP contribution in [0.2, 0.25) is 0 Å². The topological polar surface area (TPSA) is 128 Å². The third-order valence-corrected chi connectivity index (χ3v) is 7.30. The van der Waals surface area contributed by atoms with Crippen molar-refractivity contribution in [3.8, 4) is 17.2 Å². The zero-order valence-corrected chi connectivity index (χ0v) is 19.7. The van der Waals surface area contributed by atoms with E-state index in [1.165, 1.54) is 22.5 Å². The Balaban J connectivity index is 1.45. The predicted octanol–water partition coefficient (Wildman–Crippen LogP) is 3.38. The van der Waals surface area contributed by atoms with Gasteiger partial charge in [-0.1, -0.05) is 30.3 Å². The minimum absolute atomic E-state index is 0.0156. The number of primary amides is 1. The number of hydrogen-bond donors (Lipinski definition) is 2. The summed E-state index contributed by atoms with van der Waals surface area (Å²) in [7, 11) is -3.74. The molecule has 3 aromatic rings. The number of nitrogens with zero attached hydrogens (tertiary/aromatic N) is 1. The molecule has 1 aliphatic rings. The first kappa shape index (κ1) is 24.2. The molecule has 3 N–H and O–H groups in total. The van der Waals surface area contributed by atoms with Gasteiger partial charge in [-0.15, -0.1) is 0 Å². The number of ether oxygens (including phenoxy) is 2. The summed E-state index contributed by atoms with van der Waals surface area (Å²) in [6, 6.07) is 19.9. The van der Waals surface area contributed by atoms with Crippen molar-refractivity contribution in [2.45, 2.75) is 17.7 Å². The fourth-order valence-corrected chi connectivity index (χ4v) is 5.21. The summed E-state index contributed by atoms with van der Waals surface area (Å²) in [5.41, 5.74) is 5.78. The number of sulfonamides is 1. The highest BCUT2D eigenvalue weighted by Gasteiger charge is 2.28. The number of nitrogens with one attached hydrogen (secondary N) is 1. The molecule has 1 saturated heterocycles. The lowest BCUT2D eigenvalue weighted by atomic mass is 10.2. The molecule has 10 heteroatoms. The van der Waals surface area contributed by atoms with E-state index in [9.17, 15) is 18.0 Å². The molecule has 1 fully saturated rings. The molecule has 0 aromatic heterocycles. The molecule has 0 spiro atoms. The van der Waals surface area contributed by atoms with Gasteiger partial charge in [0.05, 0.1) is 16.1 Å². The number of para-hydroxylation sites is 3. The van der Waals surface area contributed by atoms with E-state index >= 15 is 0 Å². The highest BCUT2D eigenvalue weighted by atomic mass is 32.2. The molecule has 182 valence electrons. The number of hydrogen-bond acceptors (Lipinski definition) is 6. The van der Waals surface area contributed by atoms with Crippen LogP contribution in [0.3, 0.4) is 0 Å². The molecule has 1 heterocycles. The summed E-state index contributed by atoms with van der Waals surface area (Å²) < 4.78 is 38.3. The molecule has 0 aliphatic carbocycles. The second-order valence-corrected chi connectivity index (χ2v) is 9.82. The molecule has 0 saturated carbocycles. The second kappa shape index (κ2) is 10.6. The lowest BCUT2D eigenvalue weighted by Crippen LogP contribution is -2.28. The molecule has 1 aliphatic heterocycles. The van der Waals surface area contributed by atoms with Crippen LogP contribution in [-0.4, -0.2) is 44.2 Å². The summed E-state index contributed by atoms with van der Waals surface area (Å²) in [6.07, 6.45) is 1.58. The van der Waals surface area contributed by atoms with Crippen LogP contribution in [0.1, 0.15) is 23.2 Å². The predicted molar refractivity (Wildman–Crippen MR) is 130 cm³/mol. The first-order valence-electron chi connectivity index (χ1n) is 11.0. The average molecular weight is 496 g/mol. The number of amides is 2. The van der Waals surface area contributed by atoms with E-state index in [1.807, 2.05) is 18.2 Å². The number of carbonyl (C=O) groups is 2. The quantitative estimate of drug-likeness (QED) is 0.468. The van der Waals surface area contributed by atoms with Gasteiger partial charge in [-0.2, -0.15) is 4.31 Å². The van der Waals surface area contributed by atoms with Gasteiger partial charge in [-0.25, -0.2) is 8.42 Å². The number of anilines is 1. The molecular weight excluding hydrogens is 470 g/mol. The lowest BCUT2D eigenvalue weighted by molar-refractivity contribution is -0.118. The van der Waals surface area contributed by atoms with Crippen molar-refractivity contribution in [3.63, 3.8) is 0 Å². The van der Waals surface area contributed by atoms with Gasteiger partial charge in [0, 0.05) is 13.1 Å². The minimum atomic E-state index is -3.74. The Morgan fingerprint density at radius 3 is 2.31 bits per heavy atom. The Kier molecular flexibility index (Phi) is 7.33. The van der Waals surface area contributed by atoms with Gasteiger partial charge in [-0.05, 0) is 55.3 Å². The minimum Gasteiger partial charge on any atom is -0.483 e. The lowest BCUT2D eigenvalue weighted by Gasteiger charge is -2.17. The van der Waals surface area contributed by atoms with Crippen molar-refractivity contribution in [1.29, 1.82) is 0 Å². The van der Waals surface area contributed by atoms with Gasteiger partial charge in [0.25, 0.3) is 11.8 Å². The maximum Gasteiger partial charge on any atom is 0.262 e. The first-order chi connectivity index (χ1) is 16.8. The Bertz CT molecular complexity index is 1320. The van der Waals surface area contributed by atoms with E-state index in [4.69, 9.17) is 15.2 Å². The highest BCUT2D eigenvalue weighted by molar-refractivity contribution is 7.89. The van der Waals surface area contributed by atoms with Crippen LogP contribution in [0, 0.1) is 0 Å². The van der Waals surface area contributed by atoms with E-state index < -0.39 is 28.4 Å². The van der Waals surface area contributed by atoms with Gasteiger partial charge < -0.3 is 20.5 Å². The number of rotatable bonds is 9. The maximum absolute atomic E-state index is 12.8. The molecule has 9 nitrogen and oxygen atoms in total. The summed E-state index contributed by atoms with van der Waals surface area (Å²) >= 11 is 0. The van der Waals surface area contributed by atoms with Crippen molar-refractivity contribution >= 4 is 27.5 Å². The molecular formula is C25H25N3O6S. The van der Waals surface area contributed by atoms with Crippen molar-refractivity contribution in [3.05, 3.63) is 78.4 Å². The summed E-state index contributed by atoms with van der Waals surface area (Å²) in [5.74, 6) is -0.289. The Hall–Kier alpha value is -3.89. The van der Waals surface area contributed by atoms with Crippen LogP contribution in [0.25, 0.3) is 0 Å². The molecule has 0 bridgehead atoms. The zero-order chi connectivity index (χ0) is 24.8. The molecule has 2 amide bonds. The van der Waals surface area contributed by atoms with Crippen molar-refractivity contribution in [2.24, 2.45) is 5.73 Å². The van der Waals surface area contributed by atoms with E-state index in [-0.39, 0.29) is 16.2 Å². The average Bonchev–Trinajstić information content (AvgIpc) is 3.40. The Labute approximate surface area is 203 Å². The summed E-state index contributed by atoms with van der Waals surface area (Å²) in [5, 5.41) is 2.71. The van der Waals surface area contributed by atoms with Crippen LogP contribution in [0.15, 0.2) is 77.7 Å². The zero-order valence-electron chi connectivity index (χ0n) is 18.8. The largest absolute Gasteiger partial charge is 0.483 e. The number of carbonyl (C=O) groups excluding carboxylic acids is 2.